The van der Waals surface area contributed by atoms with E-state index in [-0.39, 0.29) is 17.4 Å². The van der Waals surface area contributed by atoms with Crippen LogP contribution in [0.15, 0.2) is 30.5 Å². The van der Waals surface area contributed by atoms with Gasteiger partial charge in [0.25, 0.3) is 0 Å². The number of ether oxygens (including phenoxy) is 1. The van der Waals surface area contributed by atoms with Crippen molar-refractivity contribution < 1.29 is 9.53 Å². The molecule has 2 aromatic rings. The van der Waals surface area contributed by atoms with E-state index in [0.29, 0.717) is 51.1 Å². The average molecular weight is 379 g/mol. The van der Waals surface area contributed by atoms with Gasteiger partial charge in [-0.15, -0.1) is 0 Å². The lowest BCUT2D eigenvalue weighted by Gasteiger charge is -2.47. The van der Waals surface area contributed by atoms with Crippen LogP contribution in [0.1, 0.15) is 18.4 Å². The molecule has 0 atom stereocenters. The first-order valence-electron chi connectivity index (χ1n) is 9.67. The van der Waals surface area contributed by atoms with Crippen molar-refractivity contribution in [3.8, 4) is 6.07 Å². The van der Waals surface area contributed by atoms with Gasteiger partial charge in [-0.2, -0.15) is 5.26 Å². The zero-order chi connectivity index (χ0) is 19.7. The lowest BCUT2D eigenvalue weighted by atomic mass is 9.70. The lowest BCUT2D eigenvalue weighted by molar-refractivity contribution is -0.155. The standard InChI is InChI=1S/C21H25N5O2/c1-28-21(14-23)10-15(11-21)20(27)26-8-6-25(7-9-26)19-16(12-22)13-24-18-5-3-2-4-17(18)19/h2-5,13,15H,6-11,14,23H2,1H3. The topological polar surface area (TPSA) is 95.5 Å². The second-order valence-corrected chi connectivity index (χ2v) is 7.66. The summed E-state index contributed by atoms with van der Waals surface area (Å²) in [6.45, 7) is 3.16. The number of hydrogen-bond acceptors (Lipinski definition) is 6. The molecular formula is C21H25N5O2. The molecule has 146 valence electrons. The summed E-state index contributed by atoms with van der Waals surface area (Å²) in [5, 5.41) is 10.5. The molecule has 7 nitrogen and oxygen atoms in total. The number of hydrogen-bond donors (Lipinski definition) is 1. The number of piperazine rings is 1. The van der Waals surface area contributed by atoms with Gasteiger partial charge in [0.05, 0.1) is 22.4 Å². The number of benzene rings is 1. The van der Waals surface area contributed by atoms with E-state index in [4.69, 9.17) is 10.5 Å². The maximum absolute atomic E-state index is 12.8. The third kappa shape index (κ3) is 3.09. The summed E-state index contributed by atoms with van der Waals surface area (Å²) in [6.07, 6.45) is 3.04. The van der Waals surface area contributed by atoms with E-state index in [0.717, 1.165) is 16.6 Å². The van der Waals surface area contributed by atoms with Crippen LogP contribution in [0.5, 0.6) is 0 Å². The number of para-hydroxylation sites is 1. The van der Waals surface area contributed by atoms with Crippen molar-refractivity contribution in [2.24, 2.45) is 11.7 Å². The van der Waals surface area contributed by atoms with Crippen molar-refractivity contribution in [2.75, 3.05) is 44.7 Å². The van der Waals surface area contributed by atoms with E-state index in [9.17, 15) is 10.1 Å². The van der Waals surface area contributed by atoms with Crippen molar-refractivity contribution in [1.82, 2.24) is 9.88 Å². The van der Waals surface area contributed by atoms with E-state index in [1.807, 2.05) is 29.2 Å². The first kappa shape index (κ1) is 18.7. The highest BCUT2D eigenvalue weighted by Gasteiger charge is 2.48. The van der Waals surface area contributed by atoms with Crippen LogP contribution in [0.25, 0.3) is 10.9 Å². The van der Waals surface area contributed by atoms with Crippen LogP contribution < -0.4 is 10.6 Å². The van der Waals surface area contributed by atoms with Crippen LogP contribution in [-0.4, -0.2) is 61.2 Å². The van der Waals surface area contributed by atoms with Crippen LogP contribution >= 0.6 is 0 Å². The zero-order valence-electron chi connectivity index (χ0n) is 16.1. The molecule has 2 heterocycles. The average Bonchev–Trinajstić information content (AvgIpc) is 2.73. The number of anilines is 1. The molecule has 2 fully saturated rings. The third-order valence-corrected chi connectivity index (χ3v) is 6.17. The maximum atomic E-state index is 12.8. The van der Waals surface area contributed by atoms with Gasteiger partial charge in [-0.25, -0.2) is 0 Å². The van der Waals surface area contributed by atoms with E-state index in [1.54, 1.807) is 13.3 Å². The number of carbonyl (C=O) groups excluding carboxylic acids is 1. The molecule has 1 aliphatic heterocycles. The number of nitriles is 1. The number of pyridine rings is 1. The van der Waals surface area contributed by atoms with E-state index in [1.165, 1.54) is 0 Å². The molecule has 1 saturated carbocycles. The van der Waals surface area contributed by atoms with Gasteiger partial charge in [0.2, 0.25) is 5.91 Å². The summed E-state index contributed by atoms with van der Waals surface area (Å²) in [7, 11) is 1.66. The van der Waals surface area contributed by atoms with Gasteiger partial charge in [0.15, 0.2) is 0 Å². The molecule has 0 radical (unpaired) electrons. The van der Waals surface area contributed by atoms with E-state index >= 15 is 0 Å². The second-order valence-electron chi connectivity index (χ2n) is 7.66. The highest BCUT2D eigenvalue weighted by molar-refractivity contribution is 5.94. The van der Waals surface area contributed by atoms with Crippen molar-refractivity contribution >= 4 is 22.5 Å². The molecule has 2 aliphatic rings. The monoisotopic (exact) mass is 379 g/mol. The molecule has 7 heteroatoms. The summed E-state index contributed by atoms with van der Waals surface area (Å²) < 4.78 is 5.49. The van der Waals surface area contributed by atoms with Gasteiger partial charge in [0.1, 0.15) is 6.07 Å². The number of nitrogens with two attached hydrogens (primary N) is 1. The summed E-state index contributed by atoms with van der Waals surface area (Å²) in [4.78, 5) is 21.4. The molecular weight excluding hydrogens is 354 g/mol. The van der Waals surface area contributed by atoms with Gasteiger partial charge in [-0.05, 0) is 18.9 Å². The second kappa shape index (κ2) is 7.38. The Morgan fingerprint density at radius 2 is 2.04 bits per heavy atom. The molecule has 1 saturated heterocycles. The number of methoxy groups -OCH3 is 1. The Balaban J connectivity index is 1.46. The van der Waals surface area contributed by atoms with Gasteiger partial charge in [0, 0.05) is 57.3 Å². The fourth-order valence-corrected chi connectivity index (χ4v) is 4.39. The highest BCUT2D eigenvalue weighted by Crippen LogP contribution is 2.41. The minimum atomic E-state index is -0.320. The molecule has 0 unspecified atom stereocenters. The number of rotatable bonds is 4. The van der Waals surface area contributed by atoms with Gasteiger partial charge in [-0.3, -0.25) is 9.78 Å². The minimum Gasteiger partial charge on any atom is -0.377 e. The Labute approximate surface area is 164 Å². The van der Waals surface area contributed by atoms with Crippen molar-refractivity contribution in [1.29, 1.82) is 5.26 Å². The zero-order valence-corrected chi connectivity index (χ0v) is 16.1. The largest absolute Gasteiger partial charge is 0.377 e. The molecule has 1 aromatic carbocycles. The minimum absolute atomic E-state index is 0.00600. The molecule has 1 aromatic heterocycles. The Morgan fingerprint density at radius 3 is 2.68 bits per heavy atom. The van der Waals surface area contributed by atoms with Crippen molar-refractivity contribution in [3.05, 3.63) is 36.0 Å². The Bertz CT molecular complexity index is 918. The van der Waals surface area contributed by atoms with E-state index in [2.05, 4.69) is 16.0 Å². The number of nitrogens with zero attached hydrogens (tertiary/aromatic N) is 4. The van der Waals surface area contributed by atoms with Crippen LogP contribution in [0.4, 0.5) is 5.69 Å². The van der Waals surface area contributed by atoms with Crippen molar-refractivity contribution in [2.45, 2.75) is 18.4 Å². The molecule has 2 N–H and O–H groups in total. The normalized spacial score (nSPS) is 24.7. The quantitative estimate of drug-likeness (QED) is 0.865. The van der Waals surface area contributed by atoms with Crippen LogP contribution in [0.2, 0.25) is 0 Å². The Morgan fingerprint density at radius 1 is 1.32 bits per heavy atom. The predicted molar refractivity (Wildman–Crippen MR) is 107 cm³/mol. The predicted octanol–water partition coefficient (Wildman–Crippen LogP) is 1.51. The molecule has 1 aliphatic carbocycles. The number of amides is 1. The summed E-state index contributed by atoms with van der Waals surface area (Å²) in [5.74, 6) is 0.201. The Kier molecular flexibility index (Phi) is 4.92. The fraction of sp³-hybridized carbons (Fsp3) is 0.476. The lowest BCUT2D eigenvalue weighted by Crippen LogP contribution is -2.58. The first-order chi connectivity index (χ1) is 13.6. The Hall–Kier alpha value is -2.69. The van der Waals surface area contributed by atoms with Crippen LogP contribution in [-0.2, 0) is 9.53 Å². The maximum Gasteiger partial charge on any atom is 0.226 e. The van der Waals surface area contributed by atoms with Gasteiger partial charge >= 0.3 is 0 Å². The summed E-state index contributed by atoms with van der Waals surface area (Å²) in [6, 6.07) is 10.1. The first-order valence-corrected chi connectivity index (χ1v) is 9.67. The summed E-state index contributed by atoms with van der Waals surface area (Å²) in [5.41, 5.74) is 7.84. The summed E-state index contributed by atoms with van der Waals surface area (Å²) >= 11 is 0. The van der Waals surface area contributed by atoms with Gasteiger partial charge in [-0.1, -0.05) is 18.2 Å². The van der Waals surface area contributed by atoms with Crippen molar-refractivity contribution in [3.63, 3.8) is 0 Å². The fourth-order valence-electron chi connectivity index (χ4n) is 4.39. The van der Waals surface area contributed by atoms with Crippen LogP contribution in [0, 0.1) is 17.2 Å². The molecule has 4 rings (SSSR count). The van der Waals surface area contributed by atoms with Crippen LogP contribution in [0.3, 0.4) is 0 Å². The molecule has 0 spiro atoms. The number of fused-ring (bicyclic) bond motifs is 1. The number of aromatic nitrogens is 1. The highest BCUT2D eigenvalue weighted by atomic mass is 16.5. The SMILES string of the molecule is COC1(CN)CC(C(=O)N2CCN(c3c(C#N)cnc4ccccc34)CC2)C1. The smallest absolute Gasteiger partial charge is 0.226 e. The van der Waals surface area contributed by atoms with E-state index < -0.39 is 0 Å². The molecule has 0 bridgehead atoms. The molecule has 28 heavy (non-hydrogen) atoms. The third-order valence-electron chi connectivity index (χ3n) is 6.17. The number of carbonyl (C=O) groups is 1. The molecule has 1 amide bonds. The van der Waals surface area contributed by atoms with Gasteiger partial charge < -0.3 is 20.3 Å².